The highest BCUT2D eigenvalue weighted by molar-refractivity contribution is 5.72. The molecule has 6 heteroatoms. The van der Waals surface area contributed by atoms with Gasteiger partial charge in [0.05, 0.1) is 0 Å². The monoisotopic (exact) mass is 286 g/mol. The number of nitrogens with zero attached hydrogens (tertiary/aromatic N) is 1. The van der Waals surface area contributed by atoms with Crippen molar-refractivity contribution >= 4 is 12.1 Å². The zero-order valence-corrected chi connectivity index (χ0v) is 12.8. The number of carboxylic acids is 1. The molecule has 0 spiro atoms. The molecular formula is C14H26N2O4. The molecule has 0 saturated heterocycles. The van der Waals surface area contributed by atoms with Gasteiger partial charge in [-0.15, -0.1) is 0 Å². The molecule has 0 aromatic carbocycles. The van der Waals surface area contributed by atoms with Crippen LogP contribution in [0, 0.1) is 0 Å². The lowest BCUT2D eigenvalue weighted by Gasteiger charge is -2.27. The second-order valence-corrected chi connectivity index (χ2v) is 6.27. The van der Waals surface area contributed by atoms with Crippen LogP contribution in [0.15, 0.2) is 0 Å². The number of carboxylic acid groups (broad SMARTS) is 1. The van der Waals surface area contributed by atoms with E-state index in [9.17, 15) is 9.59 Å². The van der Waals surface area contributed by atoms with Crippen LogP contribution >= 0.6 is 0 Å². The lowest BCUT2D eigenvalue weighted by molar-refractivity contribution is -0.139. The molecule has 0 radical (unpaired) electrons. The van der Waals surface area contributed by atoms with E-state index < -0.39 is 17.6 Å². The van der Waals surface area contributed by atoms with Crippen LogP contribution in [0.2, 0.25) is 0 Å². The second-order valence-electron chi connectivity index (χ2n) is 6.27. The highest BCUT2D eigenvalue weighted by Gasteiger charge is 2.34. The number of amides is 1. The van der Waals surface area contributed by atoms with E-state index in [2.05, 4.69) is 5.32 Å². The number of ether oxygens (including phenoxy) is 1. The Morgan fingerprint density at radius 3 is 2.45 bits per heavy atom. The third kappa shape index (κ3) is 6.23. The summed E-state index contributed by atoms with van der Waals surface area (Å²) in [5.74, 6) is -0.865. The molecule has 1 saturated carbocycles. The largest absolute Gasteiger partial charge is 0.480 e. The van der Waals surface area contributed by atoms with Crippen molar-refractivity contribution in [3.8, 4) is 0 Å². The summed E-state index contributed by atoms with van der Waals surface area (Å²) < 4.78 is 5.39. The van der Waals surface area contributed by atoms with E-state index in [4.69, 9.17) is 9.84 Å². The molecule has 0 aliphatic heterocycles. The number of carbonyl (C=O) groups excluding carboxylic acids is 1. The Morgan fingerprint density at radius 2 is 2.00 bits per heavy atom. The van der Waals surface area contributed by atoms with Crippen LogP contribution in [0.5, 0.6) is 0 Å². The highest BCUT2D eigenvalue weighted by Crippen LogP contribution is 2.28. The average Bonchev–Trinajstić information content (AvgIpc) is 3.09. The summed E-state index contributed by atoms with van der Waals surface area (Å²) in [6.07, 6.45) is 2.50. The maximum absolute atomic E-state index is 12.1. The molecule has 1 aliphatic rings. The summed E-state index contributed by atoms with van der Waals surface area (Å²) in [4.78, 5) is 24.5. The Labute approximate surface area is 120 Å². The Bertz CT molecular complexity index is 348. The minimum atomic E-state index is -0.865. The van der Waals surface area contributed by atoms with Gasteiger partial charge >= 0.3 is 12.1 Å². The summed E-state index contributed by atoms with van der Waals surface area (Å²) in [6.45, 7) is 8.33. The molecule has 116 valence electrons. The molecule has 0 bridgehead atoms. The van der Waals surface area contributed by atoms with E-state index in [0.29, 0.717) is 25.6 Å². The molecular weight excluding hydrogens is 260 g/mol. The average molecular weight is 286 g/mol. The summed E-state index contributed by atoms with van der Waals surface area (Å²) >= 11 is 0. The van der Waals surface area contributed by atoms with Gasteiger partial charge in [-0.3, -0.25) is 4.79 Å². The van der Waals surface area contributed by atoms with Gasteiger partial charge in [-0.1, -0.05) is 0 Å². The number of carbonyl (C=O) groups is 2. The van der Waals surface area contributed by atoms with E-state index in [-0.39, 0.29) is 6.09 Å². The first kappa shape index (κ1) is 16.8. The van der Waals surface area contributed by atoms with E-state index in [1.165, 1.54) is 0 Å². The maximum atomic E-state index is 12.1. The minimum absolute atomic E-state index is 0.272. The van der Waals surface area contributed by atoms with Crippen molar-refractivity contribution < 1.29 is 19.4 Å². The van der Waals surface area contributed by atoms with Gasteiger partial charge < -0.3 is 20.1 Å². The molecule has 0 aromatic heterocycles. The zero-order chi connectivity index (χ0) is 15.3. The van der Waals surface area contributed by atoms with E-state index >= 15 is 0 Å². The molecule has 1 atom stereocenters. The van der Waals surface area contributed by atoms with E-state index in [1.807, 2.05) is 20.8 Å². The summed E-state index contributed by atoms with van der Waals surface area (Å²) in [7, 11) is 0. The van der Waals surface area contributed by atoms with Crippen molar-refractivity contribution in [2.45, 2.75) is 64.6 Å². The first-order chi connectivity index (χ1) is 9.20. The third-order valence-corrected chi connectivity index (χ3v) is 3.01. The van der Waals surface area contributed by atoms with E-state index in [0.717, 1.165) is 12.8 Å². The Hall–Kier alpha value is -1.30. The SMILES string of the molecule is CC(NCCCN(C(=O)OC(C)(C)C)C1CC1)C(=O)O. The number of rotatable bonds is 7. The van der Waals surface area contributed by atoms with Gasteiger partial charge in [0.1, 0.15) is 11.6 Å². The molecule has 6 nitrogen and oxygen atoms in total. The van der Waals surface area contributed by atoms with Gasteiger partial charge in [-0.05, 0) is 53.5 Å². The van der Waals surface area contributed by atoms with Crippen LogP contribution < -0.4 is 5.32 Å². The van der Waals surface area contributed by atoms with Crippen molar-refractivity contribution in [1.29, 1.82) is 0 Å². The van der Waals surface area contributed by atoms with Gasteiger partial charge in [0.2, 0.25) is 0 Å². The lowest BCUT2D eigenvalue weighted by atomic mass is 10.2. The molecule has 1 aliphatic carbocycles. The molecule has 0 heterocycles. The van der Waals surface area contributed by atoms with E-state index in [1.54, 1.807) is 11.8 Å². The number of hydrogen-bond donors (Lipinski definition) is 2. The fourth-order valence-corrected chi connectivity index (χ4v) is 1.78. The summed E-state index contributed by atoms with van der Waals surface area (Å²) in [5.41, 5.74) is -0.486. The quantitative estimate of drug-likeness (QED) is 0.698. The van der Waals surface area contributed by atoms with Gasteiger partial charge in [0, 0.05) is 12.6 Å². The summed E-state index contributed by atoms with van der Waals surface area (Å²) in [6, 6.07) is -0.271. The normalized spacial score (nSPS) is 16.6. The first-order valence-corrected chi connectivity index (χ1v) is 7.16. The Kier molecular flexibility index (Phi) is 5.80. The maximum Gasteiger partial charge on any atom is 0.410 e. The molecule has 2 N–H and O–H groups in total. The van der Waals surface area contributed by atoms with Gasteiger partial charge in [-0.2, -0.15) is 0 Å². The Balaban J connectivity index is 2.33. The van der Waals surface area contributed by atoms with Crippen LogP contribution in [0.1, 0.15) is 47.0 Å². The molecule has 1 fully saturated rings. The number of hydrogen-bond acceptors (Lipinski definition) is 4. The van der Waals surface area contributed by atoms with Gasteiger partial charge in [-0.25, -0.2) is 4.79 Å². The van der Waals surface area contributed by atoms with Crippen molar-refractivity contribution in [3.63, 3.8) is 0 Å². The Morgan fingerprint density at radius 1 is 1.40 bits per heavy atom. The summed E-state index contributed by atoms with van der Waals surface area (Å²) in [5, 5.41) is 11.7. The van der Waals surface area contributed by atoms with Crippen LogP contribution in [0.4, 0.5) is 4.79 Å². The van der Waals surface area contributed by atoms with Crippen molar-refractivity contribution in [1.82, 2.24) is 10.2 Å². The van der Waals surface area contributed by atoms with Crippen molar-refractivity contribution in [3.05, 3.63) is 0 Å². The van der Waals surface area contributed by atoms with Crippen LogP contribution in [0.25, 0.3) is 0 Å². The highest BCUT2D eigenvalue weighted by atomic mass is 16.6. The third-order valence-electron chi connectivity index (χ3n) is 3.01. The second kappa shape index (κ2) is 6.92. The lowest BCUT2D eigenvalue weighted by Crippen LogP contribution is -2.40. The number of nitrogens with one attached hydrogen (secondary N) is 1. The van der Waals surface area contributed by atoms with Crippen LogP contribution in [0.3, 0.4) is 0 Å². The minimum Gasteiger partial charge on any atom is -0.480 e. The van der Waals surface area contributed by atoms with Crippen LogP contribution in [-0.4, -0.2) is 52.8 Å². The smallest absolute Gasteiger partial charge is 0.410 e. The molecule has 20 heavy (non-hydrogen) atoms. The molecule has 0 aromatic rings. The van der Waals surface area contributed by atoms with Crippen molar-refractivity contribution in [2.24, 2.45) is 0 Å². The standard InChI is InChI=1S/C14H26N2O4/c1-10(12(17)18)15-8-5-9-16(11-6-7-11)13(19)20-14(2,3)4/h10-11,15H,5-9H2,1-4H3,(H,17,18). The first-order valence-electron chi connectivity index (χ1n) is 7.16. The molecule has 1 amide bonds. The zero-order valence-electron chi connectivity index (χ0n) is 12.8. The molecule has 1 unspecified atom stereocenters. The predicted molar refractivity (Wildman–Crippen MR) is 75.7 cm³/mol. The fraction of sp³-hybridized carbons (Fsp3) is 0.857. The van der Waals surface area contributed by atoms with Gasteiger partial charge in [0.15, 0.2) is 0 Å². The number of aliphatic carboxylic acids is 1. The predicted octanol–water partition coefficient (Wildman–Crippen LogP) is 1.84. The molecule has 1 rings (SSSR count). The topological polar surface area (TPSA) is 78.9 Å². The van der Waals surface area contributed by atoms with Crippen molar-refractivity contribution in [2.75, 3.05) is 13.1 Å². The van der Waals surface area contributed by atoms with Crippen LogP contribution in [-0.2, 0) is 9.53 Å². The fourth-order valence-electron chi connectivity index (χ4n) is 1.78. The van der Waals surface area contributed by atoms with Gasteiger partial charge in [0.25, 0.3) is 0 Å².